The second kappa shape index (κ2) is 7.57. The molecule has 2 aliphatic carbocycles. The minimum absolute atomic E-state index is 1.08. The molecular weight excluding hydrogens is 412 g/mol. The summed E-state index contributed by atoms with van der Waals surface area (Å²) in [6, 6.07) is 30.3. The first-order valence-electron chi connectivity index (χ1n) is 12.5. The molecule has 0 fully saturated rings. The molecule has 4 aromatic carbocycles. The zero-order chi connectivity index (χ0) is 22.7. The van der Waals surface area contributed by atoms with E-state index in [1.807, 2.05) is 0 Å². The lowest BCUT2D eigenvalue weighted by Gasteiger charge is -2.35. The fourth-order valence-corrected chi connectivity index (χ4v) is 11.8. The Kier molecular flexibility index (Phi) is 4.74. The highest BCUT2D eigenvalue weighted by Gasteiger charge is 2.38. The van der Waals surface area contributed by atoms with Crippen LogP contribution in [0, 0.1) is 13.8 Å². The fraction of sp³-hybridized carbons (Fsp3) is 0.250. The van der Waals surface area contributed by atoms with E-state index in [4.69, 9.17) is 0 Å². The molecule has 1 heteroatoms. The van der Waals surface area contributed by atoms with E-state index in [0.717, 1.165) is 12.8 Å². The van der Waals surface area contributed by atoms with Gasteiger partial charge in [-0.2, -0.15) is 0 Å². The number of rotatable bonds is 4. The standard InChI is InChI=1S/C32H32Si/c1-5-33(6-2,31-17-15-27-25-13-9-7-11-23(25)19-29(27)21(31)3)32-18-16-28-26-14-10-8-12-24(26)20-30(28)22(32)4/h7-18H,5-6,19-20H2,1-4H3. The van der Waals surface area contributed by atoms with Crippen molar-refractivity contribution in [3.63, 3.8) is 0 Å². The molecule has 0 amide bonds. The van der Waals surface area contributed by atoms with Gasteiger partial charge in [0.25, 0.3) is 0 Å². The predicted octanol–water partition coefficient (Wildman–Crippen LogP) is 7.05. The van der Waals surface area contributed by atoms with Crippen LogP contribution in [0.3, 0.4) is 0 Å². The molecule has 2 aliphatic rings. The molecule has 0 spiro atoms. The molecule has 0 N–H and O–H groups in total. The lowest BCUT2D eigenvalue weighted by Crippen LogP contribution is -2.59. The molecule has 0 atom stereocenters. The smallest absolute Gasteiger partial charge is 0.0672 e. The van der Waals surface area contributed by atoms with Crippen LogP contribution in [0.2, 0.25) is 12.1 Å². The quantitative estimate of drug-likeness (QED) is 0.256. The van der Waals surface area contributed by atoms with Crippen LogP contribution in [0.25, 0.3) is 22.3 Å². The number of hydrogen-bond donors (Lipinski definition) is 0. The van der Waals surface area contributed by atoms with E-state index < -0.39 is 8.07 Å². The van der Waals surface area contributed by atoms with E-state index in [2.05, 4.69) is 100 Å². The van der Waals surface area contributed by atoms with Gasteiger partial charge in [0.2, 0.25) is 0 Å². The summed E-state index contributed by atoms with van der Waals surface area (Å²) in [5.74, 6) is 0. The van der Waals surface area contributed by atoms with Crippen LogP contribution in [-0.2, 0) is 12.8 Å². The third kappa shape index (κ3) is 2.82. The van der Waals surface area contributed by atoms with Gasteiger partial charge in [-0.15, -0.1) is 0 Å². The summed E-state index contributed by atoms with van der Waals surface area (Å²) < 4.78 is 0. The molecule has 0 saturated heterocycles. The Morgan fingerprint density at radius 3 is 1.39 bits per heavy atom. The van der Waals surface area contributed by atoms with E-state index in [0.29, 0.717) is 0 Å². The highest BCUT2D eigenvalue weighted by Crippen LogP contribution is 2.40. The summed E-state index contributed by atoms with van der Waals surface area (Å²) in [5, 5.41) is 3.33. The van der Waals surface area contributed by atoms with Gasteiger partial charge in [0.05, 0.1) is 0 Å². The van der Waals surface area contributed by atoms with Crippen molar-refractivity contribution in [1.29, 1.82) is 0 Å². The highest BCUT2D eigenvalue weighted by molar-refractivity contribution is 7.02. The summed E-state index contributed by atoms with van der Waals surface area (Å²) >= 11 is 0. The van der Waals surface area contributed by atoms with Crippen molar-refractivity contribution in [2.45, 2.75) is 52.6 Å². The van der Waals surface area contributed by atoms with Crippen LogP contribution in [0.4, 0.5) is 0 Å². The molecule has 0 unspecified atom stereocenters. The van der Waals surface area contributed by atoms with Crippen LogP contribution >= 0.6 is 0 Å². The van der Waals surface area contributed by atoms with Crippen molar-refractivity contribution >= 4 is 18.4 Å². The molecule has 0 aromatic heterocycles. The maximum absolute atomic E-state index is 2.51. The van der Waals surface area contributed by atoms with Crippen LogP contribution in [0.5, 0.6) is 0 Å². The Morgan fingerprint density at radius 1 is 0.545 bits per heavy atom. The summed E-state index contributed by atoms with van der Waals surface area (Å²) in [6.45, 7) is 9.70. The molecule has 0 saturated carbocycles. The van der Waals surface area contributed by atoms with Crippen molar-refractivity contribution in [3.05, 3.63) is 106 Å². The molecule has 6 rings (SSSR count). The second-order valence-electron chi connectivity index (χ2n) is 9.99. The number of benzene rings is 4. The molecule has 4 aromatic rings. The third-order valence-electron chi connectivity index (χ3n) is 8.78. The second-order valence-corrected chi connectivity index (χ2v) is 14.6. The summed E-state index contributed by atoms with van der Waals surface area (Å²) in [4.78, 5) is 0. The molecule has 0 nitrogen and oxygen atoms in total. The predicted molar refractivity (Wildman–Crippen MR) is 145 cm³/mol. The van der Waals surface area contributed by atoms with Crippen LogP contribution in [0.15, 0.2) is 72.8 Å². The topological polar surface area (TPSA) is 0 Å². The fourth-order valence-electron chi connectivity index (χ4n) is 6.92. The Balaban J connectivity index is 1.52. The lowest BCUT2D eigenvalue weighted by molar-refractivity contribution is 1.20. The van der Waals surface area contributed by atoms with Gasteiger partial charge in [0, 0.05) is 0 Å². The van der Waals surface area contributed by atoms with Gasteiger partial charge in [0.15, 0.2) is 0 Å². The SMILES string of the molecule is CC[Si](CC)(c1ccc2c(c1C)Cc1ccccc1-2)c1ccc2c(c1C)Cc1ccccc1-2. The maximum Gasteiger partial charge on any atom is 0.118 e. The molecular formula is C32H32Si. The van der Waals surface area contributed by atoms with Crippen LogP contribution < -0.4 is 10.4 Å². The van der Waals surface area contributed by atoms with Crippen molar-refractivity contribution < 1.29 is 0 Å². The van der Waals surface area contributed by atoms with Crippen molar-refractivity contribution in [2.75, 3.05) is 0 Å². The van der Waals surface area contributed by atoms with Gasteiger partial charge < -0.3 is 0 Å². The average molecular weight is 445 g/mol. The Labute approximate surface area is 199 Å². The summed E-state index contributed by atoms with van der Waals surface area (Å²) in [6.07, 6.45) is 2.17. The van der Waals surface area contributed by atoms with E-state index >= 15 is 0 Å². The van der Waals surface area contributed by atoms with Gasteiger partial charge in [-0.1, -0.05) is 109 Å². The Hall–Kier alpha value is -2.90. The van der Waals surface area contributed by atoms with Crippen molar-refractivity contribution in [1.82, 2.24) is 0 Å². The zero-order valence-corrected chi connectivity index (χ0v) is 21.3. The molecule has 0 heterocycles. The van der Waals surface area contributed by atoms with Crippen molar-refractivity contribution in [3.8, 4) is 22.3 Å². The van der Waals surface area contributed by atoms with E-state index in [1.54, 1.807) is 32.6 Å². The highest BCUT2D eigenvalue weighted by atomic mass is 28.3. The monoisotopic (exact) mass is 444 g/mol. The summed E-state index contributed by atoms with van der Waals surface area (Å²) in [7, 11) is -1.88. The van der Waals surface area contributed by atoms with E-state index in [-0.39, 0.29) is 0 Å². The minimum atomic E-state index is -1.88. The first-order chi connectivity index (χ1) is 16.1. The lowest BCUT2D eigenvalue weighted by atomic mass is 10.0. The summed E-state index contributed by atoms with van der Waals surface area (Å²) in [5.41, 5.74) is 15.0. The molecule has 33 heavy (non-hydrogen) atoms. The van der Waals surface area contributed by atoms with E-state index in [9.17, 15) is 0 Å². The molecule has 0 radical (unpaired) electrons. The minimum Gasteiger partial charge on any atom is -0.0672 e. The van der Waals surface area contributed by atoms with Gasteiger partial charge in [-0.05, 0) is 82.3 Å². The first kappa shape index (κ1) is 20.7. The first-order valence-corrected chi connectivity index (χ1v) is 14.9. The van der Waals surface area contributed by atoms with E-state index in [1.165, 1.54) is 45.5 Å². The van der Waals surface area contributed by atoms with Gasteiger partial charge >= 0.3 is 0 Å². The Morgan fingerprint density at radius 2 is 0.970 bits per heavy atom. The number of hydrogen-bond acceptors (Lipinski definition) is 0. The average Bonchev–Trinajstić information content (AvgIpc) is 3.42. The van der Waals surface area contributed by atoms with Gasteiger partial charge in [0.1, 0.15) is 8.07 Å². The largest absolute Gasteiger partial charge is 0.118 e. The third-order valence-corrected chi connectivity index (χ3v) is 14.3. The molecule has 0 aliphatic heterocycles. The molecule has 164 valence electrons. The number of fused-ring (bicyclic) bond motifs is 6. The molecule has 0 bridgehead atoms. The zero-order valence-electron chi connectivity index (χ0n) is 20.3. The van der Waals surface area contributed by atoms with Gasteiger partial charge in [-0.3, -0.25) is 0 Å². The maximum atomic E-state index is 2.51. The van der Waals surface area contributed by atoms with Gasteiger partial charge in [-0.25, -0.2) is 0 Å². The van der Waals surface area contributed by atoms with Crippen LogP contribution in [-0.4, -0.2) is 8.07 Å². The normalized spacial score (nSPS) is 13.5. The van der Waals surface area contributed by atoms with Crippen molar-refractivity contribution in [2.24, 2.45) is 0 Å². The van der Waals surface area contributed by atoms with Crippen LogP contribution in [0.1, 0.15) is 47.2 Å². The Bertz CT molecular complexity index is 1300.